The van der Waals surface area contributed by atoms with Crippen LogP contribution in [0, 0.1) is 30.6 Å². The number of aromatic hydroxyl groups is 1. The Balaban J connectivity index is 1.83. The summed E-state index contributed by atoms with van der Waals surface area (Å²) in [6.45, 7) is 12.3. The van der Waals surface area contributed by atoms with Crippen molar-refractivity contribution in [1.82, 2.24) is 5.32 Å². The third-order valence-corrected chi connectivity index (χ3v) is 9.80. The number of methoxy groups -OCH3 is 1. The standard InChI is InChI=1S/C37H45NO12/c1-16-11-10-12-17(2)36(46)38-23-15-24(40)26-27(32(23)44)31(43)21(6)34-28(26)35(45)37(8,50-34)48-14-13-25(47-9)18(3)33(49-22(7)39)20(5)30(42)19(4)29(16)41/h10-16,18-20,25,29-30,33,41-43H,1-9H3,(H,38,46)/b11-10+,14-13+,17-12-/t16-,18-,19+,20-,25-,29-,30-,33+,37-/m0/s1. The lowest BCUT2D eigenvalue weighted by Gasteiger charge is -2.38. The highest BCUT2D eigenvalue weighted by atomic mass is 16.7. The van der Waals surface area contributed by atoms with E-state index < -0.39 is 100 Å². The first-order valence-corrected chi connectivity index (χ1v) is 16.4. The number of hydrogen-bond donors (Lipinski definition) is 4. The van der Waals surface area contributed by atoms with E-state index >= 15 is 0 Å². The summed E-state index contributed by atoms with van der Waals surface area (Å²) >= 11 is 0. The van der Waals surface area contributed by atoms with Crippen LogP contribution in [0.3, 0.4) is 0 Å². The Bertz CT molecular complexity index is 1720. The second kappa shape index (κ2) is 14.7. The van der Waals surface area contributed by atoms with Crippen LogP contribution in [0.5, 0.6) is 11.5 Å². The van der Waals surface area contributed by atoms with Gasteiger partial charge >= 0.3 is 11.8 Å². The number of hydrogen-bond acceptors (Lipinski definition) is 12. The maximum atomic E-state index is 13.9. The Morgan fingerprint density at radius 3 is 2.22 bits per heavy atom. The molecule has 1 aliphatic carbocycles. The van der Waals surface area contributed by atoms with Gasteiger partial charge in [-0.25, -0.2) is 0 Å². The molecule has 0 aromatic heterocycles. The Kier molecular flexibility index (Phi) is 11.2. The van der Waals surface area contributed by atoms with E-state index in [4.69, 9.17) is 18.9 Å². The van der Waals surface area contributed by atoms with Crippen molar-refractivity contribution in [2.75, 3.05) is 7.11 Å². The largest absolute Gasteiger partial charge is 0.507 e. The van der Waals surface area contributed by atoms with Gasteiger partial charge in [-0.3, -0.25) is 24.0 Å². The van der Waals surface area contributed by atoms with Crippen LogP contribution in [0.1, 0.15) is 85.1 Å². The number of nitrogens with one attached hydrogen (secondary N) is 1. The SMILES string of the molecule is CO[C@H]1/C=C/O[C@@]2(C)Oc3c(C)c(O)c4c(c3C2=O)C(=O)C=C(NC(=O)/C(C)=C\C=C\[C@H](C)[C@H](O)[C@@H](C)[C@H](O)[C@H](C)[C@H](OC(C)=O)[C@H]1C)C4=O. The van der Waals surface area contributed by atoms with Crippen LogP contribution in [0.2, 0.25) is 0 Å². The zero-order chi connectivity index (χ0) is 37.4. The molecule has 1 amide bonds. The molecule has 0 radical (unpaired) electrons. The molecule has 5 rings (SSSR count). The zero-order valence-corrected chi connectivity index (χ0v) is 29.6. The quantitative estimate of drug-likeness (QED) is 0.329. The molecular formula is C37H45NO12. The summed E-state index contributed by atoms with van der Waals surface area (Å²) < 4.78 is 23.1. The summed E-state index contributed by atoms with van der Waals surface area (Å²) in [7, 11) is 1.42. The molecule has 13 heteroatoms. The van der Waals surface area contributed by atoms with Crippen LogP contribution in [-0.4, -0.2) is 81.9 Å². The molecule has 4 N–H and O–H groups in total. The van der Waals surface area contributed by atoms with E-state index in [0.717, 1.165) is 12.3 Å². The lowest BCUT2D eigenvalue weighted by Crippen LogP contribution is -2.46. The summed E-state index contributed by atoms with van der Waals surface area (Å²) in [4.78, 5) is 66.2. The number of Topliss-reactive ketones (excluding diaryl/α,β-unsaturated/α-hetero) is 2. The predicted molar refractivity (Wildman–Crippen MR) is 179 cm³/mol. The molecule has 50 heavy (non-hydrogen) atoms. The maximum absolute atomic E-state index is 13.9. The lowest BCUT2D eigenvalue weighted by atomic mass is 9.78. The minimum Gasteiger partial charge on any atom is -0.507 e. The number of ketones is 3. The van der Waals surface area contributed by atoms with Crippen molar-refractivity contribution in [3.8, 4) is 11.5 Å². The number of carbonyl (C=O) groups excluding carboxylic acids is 5. The van der Waals surface area contributed by atoms with E-state index in [1.165, 1.54) is 47.0 Å². The normalized spacial score (nSPS) is 34.5. The highest BCUT2D eigenvalue weighted by molar-refractivity contribution is 6.30. The molecule has 9 atom stereocenters. The Morgan fingerprint density at radius 1 is 0.940 bits per heavy atom. The average Bonchev–Trinajstić information content (AvgIpc) is 3.33. The third kappa shape index (κ3) is 7.03. The first-order valence-electron chi connectivity index (χ1n) is 16.4. The van der Waals surface area contributed by atoms with Crippen molar-refractivity contribution in [1.29, 1.82) is 0 Å². The fourth-order valence-corrected chi connectivity index (χ4v) is 6.62. The molecule has 270 valence electrons. The summed E-state index contributed by atoms with van der Waals surface area (Å²) in [5.74, 6) is -8.99. The van der Waals surface area contributed by atoms with Gasteiger partial charge < -0.3 is 39.6 Å². The number of esters is 1. The first-order chi connectivity index (χ1) is 23.4. The number of carbonyl (C=O) groups is 5. The van der Waals surface area contributed by atoms with Crippen molar-refractivity contribution in [3.63, 3.8) is 0 Å². The van der Waals surface area contributed by atoms with E-state index in [2.05, 4.69) is 5.32 Å². The topological polar surface area (TPSA) is 195 Å². The summed E-state index contributed by atoms with van der Waals surface area (Å²) in [6.07, 6.45) is 4.31. The monoisotopic (exact) mass is 695 g/mol. The number of fused-ring (bicyclic) bond motifs is 14. The van der Waals surface area contributed by atoms with Gasteiger partial charge in [0, 0.05) is 61.8 Å². The molecule has 0 unspecified atom stereocenters. The number of phenols is 1. The van der Waals surface area contributed by atoms with Crippen molar-refractivity contribution < 1.29 is 58.2 Å². The number of aliphatic hydroxyl groups is 2. The van der Waals surface area contributed by atoms with E-state index in [0.29, 0.717) is 0 Å². The molecular weight excluding hydrogens is 650 g/mol. The van der Waals surface area contributed by atoms with Gasteiger partial charge in [-0.2, -0.15) is 0 Å². The molecule has 1 aromatic carbocycles. The first kappa shape index (κ1) is 38.2. The van der Waals surface area contributed by atoms with E-state index in [-0.39, 0.29) is 28.0 Å². The third-order valence-electron chi connectivity index (χ3n) is 9.80. The van der Waals surface area contributed by atoms with Crippen LogP contribution in [0.4, 0.5) is 0 Å². The van der Waals surface area contributed by atoms with Gasteiger partial charge in [0.25, 0.3) is 11.7 Å². The molecule has 3 heterocycles. The highest BCUT2D eigenvalue weighted by Crippen LogP contribution is 2.47. The van der Waals surface area contributed by atoms with Crippen LogP contribution in [-0.2, 0) is 23.8 Å². The second-order valence-electron chi connectivity index (χ2n) is 13.4. The summed E-state index contributed by atoms with van der Waals surface area (Å²) in [5, 5.41) is 36.1. The number of aliphatic hydroxyl groups excluding tert-OH is 2. The van der Waals surface area contributed by atoms with Gasteiger partial charge in [-0.05, 0) is 19.9 Å². The number of allylic oxidation sites excluding steroid dienone is 4. The lowest BCUT2D eigenvalue weighted by molar-refractivity contribution is -0.160. The molecule has 13 nitrogen and oxygen atoms in total. The molecule has 0 fully saturated rings. The number of ether oxygens (including phenoxy) is 4. The Labute approximate surface area is 290 Å². The summed E-state index contributed by atoms with van der Waals surface area (Å²) in [6, 6.07) is 0. The number of rotatable bonds is 2. The Hall–Kier alpha value is -4.59. The zero-order valence-electron chi connectivity index (χ0n) is 29.6. The van der Waals surface area contributed by atoms with Crippen LogP contribution in [0.25, 0.3) is 0 Å². The molecule has 0 spiro atoms. The average molecular weight is 696 g/mol. The van der Waals surface area contributed by atoms with Crippen molar-refractivity contribution in [2.45, 2.75) is 85.6 Å². The molecule has 4 aliphatic rings. The number of phenolic OH excluding ortho intramolecular Hbond substituents is 1. The number of amides is 1. The summed E-state index contributed by atoms with van der Waals surface area (Å²) in [5.41, 5.74) is -1.31. The van der Waals surface area contributed by atoms with Crippen LogP contribution < -0.4 is 10.1 Å². The molecule has 0 saturated carbocycles. The van der Waals surface area contributed by atoms with Crippen molar-refractivity contribution in [2.24, 2.45) is 23.7 Å². The molecule has 1 aromatic rings. The fourth-order valence-electron chi connectivity index (χ4n) is 6.62. The Morgan fingerprint density at radius 2 is 1.60 bits per heavy atom. The van der Waals surface area contributed by atoms with Gasteiger partial charge in [0.2, 0.25) is 5.78 Å². The van der Waals surface area contributed by atoms with Crippen LogP contribution in [0.15, 0.2) is 47.9 Å². The van der Waals surface area contributed by atoms with Crippen molar-refractivity contribution in [3.05, 3.63) is 70.2 Å². The van der Waals surface area contributed by atoms with Crippen LogP contribution >= 0.6 is 0 Å². The molecule has 5 bridgehead atoms. The fraction of sp³-hybridized carbons (Fsp3) is 0.486. The van der Waals surface area contributed by atoms with E-state index in [1.54, 1.807) is 39.8 Å². The molecule has 3 aliphatic heterocycles. The van der Waals surface area contributed by atoms with Gasteiger partial charge in [0.1, 0.15) is 17.6 Å². The van der Waals surface area contributed by atoms with Gasteiger partial charge in [0.15, 0.2) is 5.78 Å². The van der Waals surface area contributed by atoms with Gasteiger partial charge in [0.05, 0.1) is 47.0 Å². The highest BCUT2D eigenvalue weighted by Gasteiger charge is 2.51. The van der Waals surface area contributed by atoms with E-state index in [1.807, 2.05) is 0 Å². The number of benzene rings is 1. The van der Waals surface area contributed by atoms with E-state index in [9.17, 15) is 39.3 Å². The minimum absolute atomic E-state index is 0.00885. The smallest absolute Gasteiger partial charge is 0.312 e. The van der Waals surface area contributed by atoms with Gasteiger partial charge in [-0.1, -0.05) is 45.9 Å². The van der Waals surface area contributed by atoms with Crippen molar-refractivity contribution >= 4 is 29.2 Å². The minimum atomic E-state index is -2.03. The maximum Gasteiger partial charge on any atom is 0.312 e. The molecule has 0 saturated heterocycles. The second-order valence-corrected chi connectivity index (χ2v) is 13.4. The van der Waals surface area contributed by atoms with Gasteiger partial charge in [-0.15, -0.1) is 0 Å². The predicted octanol–water partition coefficient (Wildman–Crippen LogP) is 3.63.